The first kappa shape index (κ1) is 24.4. The zero-order valence-corrected chi connectivity index (χ0v) is 20.9. The molecule has 0 unspecified atom stereocenters. The molecular weight excluding hydrogens is 480 g/mol. The number of nitrogens with one attached hydrogen (secondary N) is 1. The molecule has 0 radical (unpaired) electrons. The number of nitrogens with zero attached hydrogens (tertiary/aromatic N) is 3. The van der Waals surface area contributed by atoms with E-state index in [9.17, 15) is 9.59 Å². The maximum Gasteiger partial charge on any atom is 0.279 e. The van der Waals surface area contributed by atoms with E-state index in [2.05, 4.69) is 10.4 Å². The second-order valence-electron chi connectivity index (χ2n) is 8.86. The third kappa shape index (κ3) is 4.60. The van der Waals surface area contributed by atoms with Crippen LogP contribution in [0.2, 0.25) is 5.02 Å². The van der Waals surface area contributed by atoms with Crippen LogP contribution in [0.3, 0.4) is 0 Å². The molecule has 0 aliphatic carbocycles. The molecule has 2 aromatic carbocycles. The topological polar surface area (TPSA) is 85.2 Å². The maximum atomic E-state index is 13.4. The van der Waals surface area contributed by atoms with Gasteiger partial charge < -0.3 is 19.7 Å². The standard InChI is InChI=1S/C23H18ClN3O3.C4H9NO/c1-30-17-12-26(13-17)22(28)20-10-19(14-5-3-2-4-6-14)23(29)27-21(20)18-9-16(24)8-7-15(18)11-25-27;1-6-4-2-5-3-4/h2-11,17H,12-13H2,1H3;4-5H,2-3H2,1H3. The van der Waals surface area contributed by atoms with Crippen molar-refractivity contribution in [1.82, 2.24) is 19.8 Å². The van der Waals surface area contributed by atoms with Crippen LogP contribution in [0.5, 0.6) is 0 Å². The number of ether oxygens (including phenoxy) is 2. The van der Waals surface area contributed by atoms with E-state index in [1.54, 1.807) is 43.5 Å². The summed E-state index contributed by atoms with van der Waals surface area (Å²) in [7, 11) is 3.38. The molecule has 2 aliphatic rings. The molecule has 36 heavy (non-hydrogen) atoms. The molecule has 2 fully saturated rings. The quantitative estimate of drug-likeness (QED) is 0.428. The smallest absolute Gasteiger partial charge is 0.279 e. The first-order valence-corrected chi connectivity index (χ1v) is 12.1. The van der Waals surface area contributed by atoms with E-state index in [4.69, 9.17) is 21.1 Å². The molecular formula is C27H27ClN4O4. The third-order valence-electron chi connectivity index (χ3n) is 6.62. The van der Waals surface area contributed by atoms with Gasteiger partial charge in [-0.25, -0.2) is 0 Å². The predicted octanol–water partition coefficient (Wildman–Crippen LogP) is 3.24. The highest BCUT2D eigenvalue weighted by molar-refractivity contribution is 6.31. The molecule has 2 aromatic heterocycles. The van der Waals surface area contributed by atoms with Crippen LogP contribution in [0, 0.1) is 0 Å². The Balaban J connectivity index is 0.000000391. The molecule has 0 atom stereocenters. The Bertz CT molecular complexity index is 1460. The minimum absolute atomic E-state index is 0.0320. The van der Waals surface area contributed by atoms with Gasteiger partial charge in [-0.15, -0.1) is 0 Å². The minimum atomic E-state index is -0.284. The number of halogens is 1. The van der Waals surface area contributed by atoms with Gasteiger partial charge in [0.1, 0.15) is 0 Å². The Hall–Kier alpha value is -3.30. The Morgan fingerprint density at radius 2 is 1.75 bits per heavy atom. The summed E-state index contributed by atoms with van der Waals surface area (Å²) in [6, 6.07) is 16.3. The fourth-order valence-corrected chi connectivity index (χ4v) is 4.45. The first-order valence-electron chi connectivity index (χ1n) is 11.8. The van der Waals surface area contributed by atoms with Crippen molar-refractivity contribution in [2.75, 3.05) is 40.4 Å². The average molecular weight is 507 g/mol. The molecule has 1 amide bonds. The first-order chi connectivity index (χ1) is 17.5. The number of hydrogen-bond donors (Lipinski definition) is 1. The molecule has 9 heteroatoms. The molecule has 8 nitrogen and oxygen atoms in total. The van der Waals surface area contributed by atoms with Crippen LogP contribution in [-0.2, 0) is 9.47 Å². The lowest BCUT2D eigenvalue weighted by molar-refractivity contribution is -0.0191. The van der Waals surface area contributed by atoms with Crippen molar-refractivity contribution < 1.29 is 14.3 Å². The molecule has 2 saturated heterocycles. The number of hydrogen-bond acceptors (Lipinski definition) is 6. The molecule has 0 spiro atoms. The maximum absolute atomic E-state index is 13.4. The summed E-state index contributed by atoms with van der Waals surface area (Å²) in [6.07, 6.45) is 2.16. The van der Waals surface area contributed by atoms with Crippen LogP contribution in [0.4, 0.5) is 0 Å². The van der Waals surface area contributed by atoms with E-state index in [0.717, 1.165) is 24.0 Å². The van der Waals surface area contributed by atoms with Crippen LogP contribution in [0.25, 0.3) is 27.4 Å². The van der Waals surface area contributed by atoms with E-state index < -0.39 is 0 Å². The van der Waals surface area contributed by atoms with Crippen LogP contribution >= 0.6 is 11.6 Å². The zero-order chi connectivity index (χ0) is 25.2. The van der Waals surface area contributed by atoms with Gasteiger partial charge in [0, 0.05) is 61.8 Å². The van der Waals surface area contributed by atoms with Crippen LogP contribution in [0.15, 0.2) is 65.6 Å². The Morgan fingerprint density at radius 1 is 1.03 bits per heavy atom. The van der Waals surface area contributed by atoms with Gasteiger partial charge in [-0.1, -0.05) is 48.0 Å². The highest BCUT2D eigenvalue weighted by Crippen LogP contribution is 2.29. The normalized spacial score (nSPS) is 15.8. The number of rotatable bonds is 4. The summed E-state index contributed by atoms with van der Waals surface area (Å²) in [6.45, 7) is 3.10. The van der Waals surface area contributed by atoms with Gasteiger partial charge >= 0.3 is 0 Å². The summed E-state index contributed by atoms with van der Waals surface area (Å²) >= 11 is 6.24. The van der Waals surface area contributed by atoms with Crippen molar-refractivity contribution >= 4 is 33.8 Å². The fraction of sp³-hybridized carbons (Fsp3) is 0.296. The number of methoxy groups -OCH3 is 2. The lowest BCUT2D eigenvalue weighted by atomic mass is 10.00. The average Bonchev–Trinajstić information content (AvgIpc) is 2.83. The molecule has 0 saturated carbocycles. The highest BCUT2D eigenvalue weighted by Gasteiger charge is 2.33. The predicted molar refractivity (Wildman–Crippen MR) is 140 cm³/mol. The van der Waals surface area contributed by atoms with Crippen LogP contribution in [0.1, 0.15) is 10.4 Å². The lowest BCUT2D eigenvalue weighted by Crippen LogP contribution is -2.54. The van der Waals surface area contributed by atoms with Crippen molar-refractivity contribution in [2.45, 2.75) is 12.2 Å². The molecule has 186 valence electrons. The van der Waals surface area contributed by atoms with Crippen molar-refractivity contribution in [2.24, 2.45) is 0 Å². The van der Waals surface area contributed by atoms with E-state index in [1.807, 2.05) is 36.4 Å². The summed E-state index contributed by atoms with van der Waals surface area (Å²) in [5.74, 6) is -0.160. The second kappa shape index (κ2) is 10.4. The Kier molecular flexibility index (Phi) is 7.02. The summed E-state index contributed by atoms with van der Waals surface area (Å²) < 4.78 is 11.5. The number of amides is 1. The highest BCUT2D eigenvalue weighted by atomic mass is 35.5. The summed E-state index contributed by atoms with van der Waals surface area (Å²) in [4.78, 5) is 28.4. The van der Waals surface area contributed by atoms with Crippen LogP contribution < -0.4 is 10.9 Å². The third-order valence-corrected chi connectivity index (χ3v) is 6.86. The molecule has 0 bridgehead atoms. The number of aromatic nitrogens is 2. The van der Waals surface area contributed by atoms with Crippen LogP contribution in [-0.4, -0.2) is 73.0 Å². The van der Waals surface area contributed by atoms with E-state index in [0.29, 0.717) is 46.2 Å². The van der Waals surface area contributed by atoms with Gasteiger partial charge in [-0.3, -0.25) is 9.59 Å². The lowest BCUT2D eigenvalue weighted by Gasteiger charge is -2.38. The van der Waals surface area contributed by atoms with Crippen molar-refractivity contribution in [1.29, 1.82) is 0 Å². The molecule has 2 aliphatic heterocycles. The van der Waals surface area contributed by atoms with Gasteiger partial charge in [0.15, 0.2) is 0 Å². The number of carbonyl (C=O) groups is 1. The summed E-state index contributed by atoms with van der Waals surface area (Å²) in [5, 5.41) is 9.49. The van der Waals surface area contributed by atoms with Gasteiger partial charge in [-0.05, 0) is 23.8 Å². The number of benzene rings is 2. The van der Waals surface area contributed by atoms with Gasteiger partial charge in [0.05, 0.1) is 29.5 Å². The number of carbonyl (C=O) groups excluding carboxylic acids is 1. The fourth-order valence-electron chi connectivity index (χ4n) is 4.28. The number of pyridine rings is 1. The van der Waals surface area contributed by atoms with Gasteiger partial charge in [-0.2, -0.15) is 9.61 Å². The van der Waals surface area contributed by atoms with E-state index >= 15 is 0 Å². The molecule has 1 N–H and O–H groups in total. The van der Waals surface area contributed by atoms with Crippen molar-refractivity contribution in [3.05, 3.63) is 81.7 Å². The monoisotopic (exact) mass is 506 g/mol. The number of likely N-dealkylation sites (tertiary alicyclic amines) is 1. The molecule has 6 rings (SSSR count). The van der Waals surface area contributed by atoms with Crippen molar-refractivity contribution in [3.63, 3.8) is 0 Å². The Morgan fingerprint density at radius 3 is 2.36 bits per heavy atom. The zero-order valence-electron chi connectivity index (χ0n) is 20.1. The second-order valence-corrected chi connectivity index (χ2v) is 9.30. The van der Waals surface area contributed by atoms with Crippen molar-refractivity contribution in [3.8, 4) is 11.1 Å². The number of fused-ring (bicyclic) bond motifs is 3. The largest absolute Gasteiger partial charge is 0.379 e. The minimum Gasteiger partial charge on any atom is -0.379 e. The SMILES string of the molecule is COC1CN(C(=O)c2cc(-c3ccccc3)c(=O)n3ncc4ccc(Cl)cc4c23)C1.COC1CNC1. The van der Waals surface area contributed by atoms with E-state index in [-0.39, 0.29) is 17.6 Å². The van der Waals surface area contributed by atoms with Gasteiger partial charge in [0.2, 0.25) is 0 Å². The van der Waals surface area contributed by atoms with Gasteiger partial charge in [0.25, 0.3) is 11.5 Å². The molecule has 4 aromatic rings. The Labute approximate surface area is 213 Å². The molecule has 4 heterocycles. The summed E-state index contributed by atoms with van der Waals surface area (Å²) in [5.41, 5.74) is 1.76. The van der Waals surface area contributed by atoms with E-state index in [1.165, 1.54) is 4.52 Å².